The Kier molecular flexibility index (Phi) is 6.01. The molecule has 0 aliphatic heterocycles. The molecule has 0 bridgehead atoms. The molecule has 0 aliphatic rings. The van der Waals surface area contributed by atoms with Gasteiger partial charge in [0, 0.05) is 34.5 Å². The van der Waals surface area contributed by atoms with Gasteiger partial charge in [-0.05, 0) is 50.2 Å². The number of carbonyl (C=O) groups is 1. The molecule has 0 unspecified atom stereocenters. The Balaban J connectivity index is 1.68. The Bertz CT molecular complexity index is 1370. The number of aromatic nitrogens is 3. The SMILES string of the molecule is CCOC(=O)c1cnc2nc(C)ccc2c1Nc1ccc(S(=O)(=O)Nc2nccs2)cc1. The van der Waals surface area contributed by atoms with Crippen LogP contribution < -0.4 is 10.0 Å². The summed E-state index contributed by atoms with van der Waals surface area (Å²) < 4.78 is 32.7. The fourth-order valence-corrected chi connectivity index (χ4v) is 4.77. The number of benzene rings is 1. The summed E-state index contributed by atoms with van der Waals surface area (Å²) in [6.07, 6.45) is 2.94. The number of fused-ring (bicyclic) bond motifs is 1. The molecule has 4 rings (SSSR count). The number of pyridine rings is 2. The standard InChI is InChI=1S/C21H19N5O4S2/c1-3-30-20(27)17-12-23-19-16(9-4-13(2)24-19)18(17)25-14-5-7-15(8-6-14)32(28,29)26-21-22-10-11-31-21/h4-12H,3H2,1-2H3,(H,22,26)(H,23,24,25). The number of ether oxygens (including phenoxy) is 1. The van der Waals surface area contributed by atoms with Crippen molar-refractivity contribution in [2.45, 2.75) is 18.7 Å². The molecule has 9 nitrogen and oxygen atoms in total. The topological polar surface area (TPSA) is 123 Å². The van der Waals surface area contributed by atoms with Gasteiger partial charge in [0.15, 0.2) is 10.8 Å². The fourth-order valence-electron chi connectivity index (χ4n) is 2.98. The molecule has 4 aromatic rings. The van der Waals surface area contributed by atoms with E-state index in [2.05, 4.69) is 25.0 Å². The van der Waals surface area contributed by atoms with Crippen molar-refractivity contribution in [2.24, 2.45) is 0 Å². The molecule has 0 radical (unpaired) electrons. The van der Waals surface area contributed by atoms with E-state index in [1.807, 2.05) is 19.1 Å². The molecule has 3 aromatic heterocycles. The van der Waals surface area contributed by atoms with E-state index in [-0.39, 0.29) is 22.2 Å². The van der Waals surface area contributed by atoms with Crippen LogP contribution in [0.5, 0.6) is 0 Å². The maximum absolute atomic E-state index is 12.5. The van der Waals surface area contributed by atoms with Crippen molar-refractivity contribution in [1.29, 1.82) is 0 Å². The molecule has 0 saturated carbocycles. The Morgan fingerprint density at radius 2 is 1.91 bits per heavy atom. The molecule has 11 heteroatoms. The highest BCUT2D eigenvalue weighted by Gasteiger charge is 2.19. The Labute approximate surface area is 188 Å². The van der Waals surface area contributed by atoms with Crippen molar-refractivity contribution >= 4 is 54.9 Å². The van der Waals surface area contributed by atoms with Crippen LogP contribution in [0.3, 0.4) is 0 Å². The third kappa shape index (κ3) is 4.53. The van der Waals surface area contributed by atoms with Crippen molar-refractivity contribution in [3.8, 4) is 0 Å². The summed E-state index contributed by atoms with van der Waals surface area (Å²) in [7, 11) is -3.77. The summed E-state index contributed by atoms with van der Waals surface area (Å²) in [4.78, 5) is 25.2. The predicted molar refractivity (Wildman–Crippen MR) is 123 cm³/mol. The zero-order chi connectivity index (χ0) is 22.7. The first-order valence-corrected chi connectivity index (χ1v) is 12.0. The quantitative estimate of drug-likeness (QED) is 0.388. The molecule has 0 saturated heterocycles. The third-order valence-electron chi connectivity index (χ3n) is 4.45. The van der Waals surface area contributed by atoms with E-state index in [0.717, 1.165) is 5.69 Å². The van der Waals surface area contributed by atoms with Crippen molar-refractivity contribution in [2.75, 3.05) is 16.6 Å². The predicted octanol–water partition coefficient (Wildman–Crippen LogP) is 4.12. The van der Waals surface area contributed by atoms with E-state index >= 15 is 0 Å². The number of anilines is 3. The molecule has 0 aliphatic carbocycles. The Morgan fingerprint density at radius 3 is 2.59 bits per heavy atom. The molecule has 32 heavy (non-hydrogen) atoms. The number of nitrogens with one attached hydrogen (secondary N) is 2. The summed E-state index contributed by atoms with van der Waals surface area (Å²) in [6, 6.07) is 9.80. The van der Waals surface area contributed by atoms with Gasteiger partial charge in [-0.2, -0.15) is 0 Å². The van der Waals surface area contributed by atoms with Gasteiger partial charge in [0.25, 0.3) is 10.0 Å². The second-order valence-corrected chi connectivity index (χ2v) is 9.26. The minimum absolute atomic E-state index is 0.0840. The number of hydrogen-bond donors (Lipinski definition) is 2. The zero-order valence-corrected chi connectivity index (χ0v) is 18.8. The van der Waals surface area contributed by atoms with Crippen LogP contribution in [-0.2, 0) is 14.8 Å². The first-order valence-electron chi connectivity index (χ1n) is 9.60. The van der Waals surface area contributed by atoms with Crippen LogP contribution in [0.2, 0.25) is 0 Å². The van der Waals surface area contributed by atoms with Gasteiger partial charge < -0.3 is 10.1 Å². The zero-order valence-electron chi connectivity index (χ0n) is 17.2. The second kappa shape index (κ2) is 8.89. The maximum atomic E-state index is 12.5. The average molecular weight is 470 g/mol. The van der Waals surface area contributed by atoms with Crippen LogP contribution in [0.15, 0.2) is 59.1 Å². The normalized spacial score (nSPS) is 11.3. The molecule has 2 N–H and O–H groups in total. The van der Waals surface area contributed by atoms with Crippen molar-refractivity contribution < 1.29 is 17.9 Å². The minimum atomic E-state index is -3.77. The lowest BCUT2D eigenvalue weighted by Gasteiger charge is -2.14. The van der Waals surface area contributed by atoms with Gasteiger partial charge in [0.05, 0.1) is 17.2 Å². The van der Waals surface area contributed by atoms with Gasteiger partial charge in [0.2, 0.25) is 0 Å². The largest absolute Gasteiger partial charge is 0.462 e. The maximum Gasteiger partial charge on any atom is 0.341 e. The van der Waals surface area contributed by atoms with E-state index in [4.69, 9.17) is 4.74 Å². The van der Waals surface area contributed by atoms with Crippen LogP contribution in [-0.4, -0.2) is 35.9 Å². The highest BCUT2D eigenvalue weighted by molar-refractivity contribution is 7.93. The third-order valence-corrected chi connectivity index (χ3v) is 6.62. The number of esters is 1. The van der Waals surface area contributed by atoms with Crippen LogP contribution in [0.4, 0.5) is 16.5 Å². The highest BCUT2D eigenvalue weighted by atomic mass is 32.2. The smallest absolute Gasteiger partial charge is 0.341 e. The van der Waals surface area contributed by atoms with Crippen molar-refractivity contribution in [3.05, 3.63) is 65.4 Å². The molecular formula is C21H19N5O4S2. The monoisotopic (exact) mass is 469 g/mol. The molecule has 3 heterocycles. The van der Waals surface area contributed by atoms with E-state index in [9.17, 15) is 13.2 Å². The molecule has 0 atom stereocenters. The second-order valence-electron chi connectivity index (χ2n) is 6.68. The Hall–Kier alpha value is -3.57. The number of rotatable bonds is 7. The number of hydrogen-bond acceptors (Lipinski definition) is 9. The van der Waals surface area contributed by atoms with Crippen LogP contribution >= 0.6 is 11.3 Å². The summed E-state index contributed by atoms with van der Waals surface area (Å²) in [5, 5.41) is 5.81. The van der Waals surface area contributed by atoms with Gasteiger partial charge in [-0.15, -0.1) is 11.3 Å². The Morgan fingerprint density at radius 1 is 1.12 bits per heavy atom. The molecule has 0 amide bonds. The first kappa shape index (κ1) is 21.7. The van der Waals surface area contributed by atoms with Gasteiger partial charge in [-0.1, -0.05) is 0 Å². The van der Waals surface area contributed by atoms with Crippen LogP contribution in [0, 0.1) is 6.92 Å². The van der Waals surface area contributed by atoms with Gasteiger partial charge in [-0.3, -0.25) is 4.72 Å². The van der Waals surface area contributed by atoms with E-state index in [1.54, 1.807) is 24.4 Å². The number of thiazole rings is 1. The molecule has 164 valence electrons. The average Bonchev–Trinajstić information content (AvgIpc) is 3.26. The number of sulfonamides is 1. The number of aryl methyl sites for hydroxylation is 1. The molecule has 0 spiro atoms. The van der Waals surface area contributed by atoms with Gasteiger partial charge in [-0.25, -0.2) is 28.2 Å². The number of carbonyl (C=O) groups excluding carboxylic acids is 1. The molecule has 0 fully saturated rings. The van der Waals surface area contributed by atoms with Gasteiger partial charge in [0.1, 0.15) is 5.56 Å². The first-order chi connectivity index (χ1) is 15.4. The van der Waals surface area contributed by atoms with E-state index < -0.39 is 16.0 Å². The van der Waals surface area contributed by atoms with Crippen molar-refractivity contribution in [1.82, 2.24) is 15.0 Å². The number of nitrogens with zero attached hydrogens (tertiary/aromatic N) is 3. The lowest BCUT2D eigenvalue weighted by molar-refractivity contribution is 0.0527. The van der Waals surface area contributed by atoms with E-state index in [0.29, 0.717) is 22.4 Å². The van der Waals surface area contributed by atoms with Crippen LogP contribution in [0.1, 0.15) is 23.0 Å². The summed E-state index contributed by atoms with van der Waals surface area (Å²) >= 11 is 1.19. The summed E-state index contributed by atoms with van der Waals surface area (Å²) in [6.45, 7) is 3.80. The lowest BCUT2D eigenvalue weighted by atomic mass is 10.1. The van der Waals surface area contributed by atoms with E-state index in [1.165, 1.54) is 35.9 Å². The molecule has 1 aromatic carbocycles. The minimum Gasteiger partial charge on any atom is -0.462 e. The van der Waals surface area contributed by atoms with Crippen molar-refractivity contribution in [3.63, 3.8) is 0 Å². The highest BCUT2D eigenvalue weighted by Crippen LogP contribution is 2.30. The summed E-state index contributed by atoms with van der Waals surface area (Å²) in [5.74, 6) is -0.517. The molecular weight excluding hydrogens is 450 g/mol. The summed E-state index contributed by atoms with van der Waals surface area (Å²) in [5.41, 5.74) is 2.59. The van der Waals surface area contributed by atoms with Crippen LogP contribution in [0.25, 0.3) is 11.0 Å². The fraction of sp³-hybridized carbons (Fsp3) is 0.143. The van der Waals surface area contributed by atoms with Gasteiger partial charge >= 0.3 is 5.97 Å². The lowest BCUT2D eigenvalue weighted by Crippen LogP contribution is -2.13.